The van der Waals surface area contributed by atoms with Crippen LogP contribution < -0.4 is 4.74 Å². The monoisotopic (exact) mass is 284 g/mol. The van der Waals surface area contributed by atoms with Crippen LogP contribution in [0.25, 0.3) is 0 Å². The van der Waals surface area contributed by atoms with Crippen LogP contribution in [0.15, 0.2) is 22.1 Å². The van der Waals surface area contributed by atoms with E-state index in [1.54, 1.807) is 0 Å². The average molecular weight is 285 g/mol. The molecule has 0 radical (unpaired) electrons. The smallest absolute Gasteiger partial charge is 0.300 e. The molecule has 0 saturated heterocycles. The highest BCUT2D eigenvalue weighted by Gasteiger charge is 2.07. The van der Waals surface area contributed by atoms with Crippen molar-refractivity contribution in [2.45, 2.75) is 13.8 Å². The van der Waals surface area contributed by atoms with Gasteiger partial charge in [0.2, 0.25) is 0 Å². The molecule has 0 unspecified atom stereocenters. The Labute approximate surface area is 100 Å². The summed E-state index contributed by atoms with van der Waals surface area (Å²) in [6.07, 6.45) is 0. The summed E-state index contributed by atoms with van der Waals surface area (Å²) in [6.45, 7) is 4.08. The van der Waals surface area contributed by atoms with E-state index in [0.29, 0.717) is 5.19 Å². The number of benzene rings is 1. The Hall–Kier alpha value is -0.940. The third-order valence-electron chi connectivity index (χ3n) is 2.13. The number of hydrogen-bond acceptors (Lipinski definition) is 4. The fraction of sp³-hybridized carbons (Fsp3) is 0.200. The summed E-state index contributed by atoms with van der Waals surface area (Å²) >= 11 is 4.61. The molecule has 1 aromatic heterocycles. The maximum atomic E-state index is 5.63. The maximum Gasteiger partial charge on any atom is 0.300 e. The Bertz CT molecular complexity index is 484. The summed E-state index contributed by atoms with van der Waals surface area (Å²) < 4.78 is 6.35. The normalized spacial score (nSPS) is 10.3. The number of aryl methyl sites for hydroxylation is 1. The highest BCUT2D eigenvalue weighted by atomic mass is 79.9. The first kappa shape index (κ1) is 10.6. The van der Waals surface area contributed by atoms with Crippen LogP contribution in [0.2, 0.25) is 0 Å². The van der Waals surface area contributed by atoms with Crippen molar-refractivity contribution in [2.24, 2.45) is 0 Å². The molecular formula is C10H9BrN2OS. The van der Waals surface area contributed by atoms with Crippen LogP contribution in [-0.4, -0.2) is 10.2 Å². The Morgan fingerprint density at radius 3 is 2.73 bits per heavy atom. The molecule has 78 valence electrons. The zero-order valence-corrected chi connectivity index (χ0v) is 10.7. The summed E-state index contributed by atoms with van der Waals surface area (Å²) in [5.74, 6) is 0.832. The lowest BCUT2D eigenvalue weighted by Gasteiger charge is -2.06. The van der Waals surface area contributed by atoms with Gasteiger partial charge in [0.25, 0.3) is 5.19 Å². The first-order valence-electron chi connectivity index (χ1n) is 4.40. The van der Waals surface area contributed by atoms with Gasteiger partial charge in [-0.1, -0.05) is 17.2 Å². The van der Waals surface area contributed by atoms with Gasteiger partial charge < -0.3 is 4.74 Å². The van der Waals surface area contributed by atoms with Gasteiger partial charge >= 0.3 is 0 Å². The lowest BCUT2D eigenvalue weighted by atomic mass is 10.1. The number of halogens is 1. The van der Waals surface area contributed by atoms with Crippen molar-refractivity contribution in [2.75, 3.05) is 0 Å². The molecule has 0 amide bonds. The molecule has 0 aliphatic heterocycles. The van der Waals surface area contributed by atoms with E-state index in [9.17, 15) is 0 Å². The molecule has 0 bridgehead atoms. The molecule has 0 fully saturated rings. The van der Waals surface area contributed by atoms with Gasteiger partial charge in [0.1, 0.15) is 5.75 Å². The molecule has 1 aromatic carbocycles. The van der Waals surface area contributed by atoms with Crippen LogP contribution in [0.5, 0.6) is 10.9 Å². The zero-order chi connectivity index (χ0) is 10.8. The third kappa shape index (κ3) is 2.35. The van der Waals surface area contributed by atoms with E-state index in [-0.39, 0.29) is 0 Å². The molecule has 2 rings (SSSR count). The van der Waals surface area contributed by atoms with Crippen LogP contribution in [0.4, 0.5) is 0 Å². The second kappa shape index (κ2) is 4.28. The Morgan fingerprint density at radius 2 is 2.07 bits per heavy atom. The quantitative estimate of drug-likeness (QED) is 0.843. The number of nitrogens with zero attached hydrogens (tertiary/aromatic N) is 2. The largest absolute Gasteiger partial charge is 0.429 e. The summed E-state index contributed by atoms with van der Waals surface area (Å²) in [4.78, 5) is 0. The van der Waals surface area contributed by atoms with Crippen LogP contribution in [-0.2, 0) is 0 Å². The van der Waals surface area contributed by atoms with Crippen LogP contribution >= 0.6 is 27.3 Å². The van der Waals surface area contributed by atoms with E-state index in [0.717, 1.165) is 15.2 Å². The van der Waals surface area contributed by atoms with E-state index in [4.69, 9.17) is 4.74 Å². The standard InChI is InChI=1S/C10H9BrN2OS/c1-6-4-3-5-8(7(6)2)14-10-13-12-9(11)15-10/h3-5H,1-2H3. The summed E-state index contributed by atoms with van der Waals surface area (Å²) in [5.41, 5.74) is 2.33. The minimum Gasteiger partial charge on any atom is -0.429 e. The van der Waals surface area contributed by atoms with Crippen molar-refractivity contribution in [1.29, 1.82) is 0 Å². The van der Waals surface area contributed by atoms with E-state index >= 15 is 0 Å². The maximum absolute atomic E-state index is 5.63. The molecule has 0 aliphatic rings. The van der Waals surface area contributed by atoms with Gasteiger partial charge in [-0.15, -0.1) is 5.10 Å². The minimum absolute atomic E-state index is 0.551. The number of ether oxygens (including phenoxy) is 1. The SMILES string of the molecule is Cc1cccc(Oc2nnc(Br)s2)c1C. The number of aromatic nitrogens is 2. The predicted octanol–water partition coefficient (Wildman–Crippen LogP) is 3.71. The van der Waals surface area contributed by atoms with Crippen molar-refractivity contribution in [1.82, 2.24) is 10.2 Å². The van der Waals surface area contributed by atoms with Crippen molar-refractivity contribution < 1.29 is 4.74 Å². The summed E-state index contributed by atoms with van der Waals surface area (Å²) in [7, 11) is 0. The van der Waals surface area contributed by atoms with E-state index in [1.807, 2.05) is 19.1 Å². The first-order chi connectivity index (χ1) is 7.16. The van der Waals surface area contributed by atoms with E-state index < -0.39 is 0 Å². The predicted molar refractivity (Wildman–Crippen MR) is 63.6 cm³/mol. The summed E-state index contributed by atoms with van der Waals surface area (Å²) in [5, 5.41) is 8.26. The Morgan fingerprint density at radius 1 is 1.27 bits per heavy atom. The van der Waals surface area contributed by atoms with Gasteiger partial charge in [0.15, 0.2) is 3.92 Å². The molecule has 0 aliphatic carbocycles. The van der Waals surface area contributed by atoms with E-state index in [2.05, 4.69) is 39.1 Å². The first-order valence-corrected chi connectivity index (χ1v) is 6.01. The Kier molecular flexibility index (Phi) is 3.02. The third-order valence-corrected chi connectivity index (χ3v) is 3.37. The lowest BCUT2D eigenvalue weighted by Crippen LogP contribution is -1.89. The molecule has 0 spiro atoms. The van der Waals surface area contributed by atoms with Crippen LogP contribution in [0.1, 0.15) is 11.1 Å². The second-order valence-electron chi connectivity index (χ2n) is 3.12. The fourth-order valence-electron chi connectivity index (χ4n) is 1.16. The zero-order valence-electron chi connectivity index (χ0n) is 8.32. The fourth-order valence-corrected chi connectivity index (χ4v) is 2.10. The summed E-state index contributed by atoms with van der Waals surface area (Å²) in [6, 6.07) is 5.95. The molecule has 3 nitrogen and oxygen atoms in total. The van der Waals surface area contributed by atoms with Gasteiger partial charge in [-0.05, 0) is 58.3 Å². The van der Waals surface area contributed by atoms with Gasteiger partial charge in [-0.25, -0.2) is 0 Å². The molecule has 0 atom stereocenters. The molecule has 5 heteroatoms. The molecule has 2 aromatic rings. The van der Waals surface area contributed by atoms with Gasteiger partial charge in [0.05, 0.1) is 0 Å². The van der Waals surface area contributed by atoms with Crippen LogP contribution in [0, 0.1) is 13.8 Å². The number of hydrogen-bond donors (Lipinski definition) is 0. The molecule has 1 heterocycles. The topological polar surface area (TPSA) is 35.0 Å². The number of rotatable bonds is 2. The highest BCUT2D eigenvalue weighted by Crippen LogP contribution is 2.30. The molecule has 0 N–H and O–H groups in total. The van der Waals surface area contributed by atoms with Gasteiger partial charge in [-0.2, -0.15) is 0 Å². The van der Waals surface area contributed by atoms with E-state index in [1.165, 1.54) is 16.9 Å². The van der Waals surface area contributed by atoms with Gasteiger partial charge in [-0.3, -0.25) is 0 Å². The lowest BCUT2D eigenvalue weighted by molar-refractivity contribution is 0.469. The van der Waals surface area contributed by atoms with Gasteiger partial charge in [0, 0.05) is 0 Å². The Balaban J connectivity index is 2.28. The molecule has 15 heavy (non-hydrogen) atoms. The second-order valence-corrected chi connectivity index (χ2v) is 5.34. The molecule has 0 saturated carbocycles. The highest BCUT2D eigenvalue weighted by molar-refractivity contribution is 9.11. The van der Waals surface area contributed by atoms with Crippen molar-refractivity contribution in [3.63, 3.8) is 0 Å². The van der Waals surface area contributed by atoms with Crippen molar-refractivity contribution in [3.8, 4) is 10.9 Å². The average Bonchev–Trinajstić information content (AvgIpc) is 2.59. The van der Waals surface area contributed by atoms with Crippen molar-refractivity contribution in [3.05, 3.63) is 33.2 Å². The minimum atomic E-state index is 0.551. The van der Waals surface area contributed by atoms with Crippen LogP contribution in [0.3, 0.4) is 0 Å². The molecular weight excluding hydrogens is 276 g/mol. The van der Waals surface area contributed by atoms with Crippen molar-refractivity contribution >= 4 is 27.3 Å².